The van der Waals surface area contributed by atoms with E-state index in [1.165, 1.54) is 16.2 Å². The third-order valence-corrected chi connectivity index (χ3v) is 7.01. The number of aromatic nitrogens is 1. The Kier molecular flexibility index (Phi) is 5.15. The summed E-state index contributed by atoms with van der Waals surface area (Å²) in [6.07, 6.45) is 0. The van der Waals surface area contributed by atoms with E-state index in [2.05, 4.69) is 20.9 Å². The van der Waals surface area contributed by atoms with Crippen LogP contribution in [0.1, 0.15) is 22.7 Å². The van der Waals surface area contributed by atoms with E-state index < -0.39 is 17.7 Å². The van der Waals surface area contributed by atoms with Gasteiger partial charge in [-0.2, -0.15) is 0 Å². The lowest BCUT2D eigenvalue weighted by Gasteiger charge is -2.23. The number of carbonyl (C=O) groups is 2. The molecule has 1 atom stereocenters. The summed E-state index contributed by atoms with van der Waals surface area (Å²) in [5, 5.41) is 11.6. The van der Waals surface area contributed by atoms with Crippen molar-refractivity contribution in [3.8, 4) is 0 Å². The van der Waals surface area contributed by atoms with E-state index in [0.29, 0.717) is 16.3 Å². The number of aliphatic hydroxyl groups excluding tert-OH is 1. The Labute approximate surface area is 196 Å². The summed E-state index contributed by atoms with van der Waals surface area (Å²) in [4.78, 5) is 32.4. The van der Waals surface area contributed by atoms with Gasteiger partial charge >= 0.3 is 5.91 Å². The lowest BCUT2D eigenvalue weighted by atomic mass is 9.95. The monoisotopic (exact) mass is 504 g/mol. The minimum absolute atomic E-state index is 0.0560. The minimum Gasteiger partial charge on any atom is -0.507 e. The van der Waals surface area contributed by atoms with E-state index in [0.717, 1.165) is 20.3 Å². The van der Waals surface area contributed by atoms with Crippen LogP contribution >= 0.6 is 27.3 Å². The van der Waals surface area contributed by atoms with Crippen molar-refractivity contribution in [3.05, 3.63) is 99.5 Å². The summed E-state index contributed by atoms with van der Waals surface area (Å²) in [5.74, 6) is -1.62. The second kappa shape index (κ2) is 8.00. The molecule has 1 amide bonds. The summed E-state index contributed by atoms with van der Waals surface area (Å²) in [5.41, 5.74) is 3.03. The zero-order chi connectivity index (χ0) is 22.4. The van der Waals surface area contributed by atoms with Gasteiger partial charge in [0.05, 0.1) is 21.8 Å². The number of carbonyl (C=O) groups excluding carboxylic acids is 2. The van der Waals surface area contributed by atoms with Crippen molar-refractivity contribution in [1.82, 2.24) is 4.98 Å². The zero-order valence-electron chi connectivity index (χ0n) is 16.9. The molecule has 0 bridgehead atoms. The first kappa shape index (κ1) is 20.6. The topological polar surface area (TPSA) is 70.5 Å². The van der Waals surface area contributed by atoms with Crippen molar-refractivity contribution in [3.63, 3.8) is 0 Å². The minimum atomic E-state index is -0.787. The fourth-order valence-corrected chi connectivity index (χ4v) is 5.08. The van der Waals surface area contributed by atoms with E-state index >= 15 is 0 Å². The van der Waals surface area contributed by atoms with Crippen LogP contribution in [0.3, 0.4) is 0 Å². The number of aryl methyl sites for hydroxylation is 1. The molecular weight excluding hydrogens is 488 g/mol. The van der Waals surface area contributed by atoms with Crippen LogP contribution in [0, 0.1) is 6.92 Å². The number of aliphatic hydroxyl groups is 1. The number of halogens is 1. The lowest BCUT2D eigenvalue weighted by molar-refractivity contribution is -0.132. The summed E-state index contributed by atoms with van der Waals surface area (Å²) >= 11 is 4.77. The molecule has 0 radical (unpaired) electrons. The number of benzene rings is 3. The third kappa shape index (κ3) is 3.43. The molecule has 1 N–H and O–H groups in total. The summed E-state index contributed by atoms with van der Waals surface area (Å²) in [6.45, 7) is 1.94. The Bertz CT molecular complexity index is 1360. The Hall–Kier alpha value is -3.29. The highest BCUT2D eigenvalue weighted by Crippen LogP contribution is 2.44. The van der Waals surface area contributed by atoms with Crippen LogP contribution in [0.25, 0.3) is 16.0 Å². The standard InChI is InChI=1S/C25H17BrN2O3S/c1-14-6-8-16(9-7-14)22(29)20-21(15-10-12-17(26)13-11-15)28(24(31)23(20)30)25-27-18-4-2-3-5-19(18)32-25/h2-13,21,29H,1H3/b22-20+. The molecular formula is C25H17BrN2O3S. The second-order valence-electron chi connectivity index (χ2n) is 7.55. The number of nitrogens with zero attached hydrogens (tertiary/aromatic N) is 2. The Morgan fingerprint density at radius 3 is 2.38 bits per heavy atom. The lowest BCUT2D eigenvalue weighted by Crippen LogP contribution is -2.29. The van der Waals surface area contributed by atoms with Crippen LogP contribution in [0.5, 0.6) is 0 Å². The summed E-state index contributed by atoms with van der Waals surface area (Å²) in [7, 11) is 0. The summed E-state index contributed by atoms with van der Waals surface area (Å²) in [6, 6.07) is 21.4. The highest BCUT2D eigenvalue weighted by molar-refractivity contribution is 9.10. The van der Waals surface area contributed by atoms with E-state index in [1.54, 1.807) is 12.1 Å². The maximum absolute atomic E-state index is 13.2. The Morgan fingerprint density at radius 2 is 1.69 bits per heavy atom. The van der Waals surface area contributed by atoms with Crippen molar-refractivity contribution in [2.45, 2.75) is 13.0 Å². The van der Waals surface area contributed by atoms with Crippen molar-refractivity contribution in [2.75, 3.05) is 4.90 Å². The number of ketones is 1. The predicted octanol–water partition coefficient (Wildman–Crippen LogP) is 5.99. The van der Waals surface area contributed by atoms with E-state index in [9.17, 15) is 14.7 Å². The van der Waals surface area contributed by atoms with Gasteiger partial charge in [0, 0.05) is 10.0 Å². The first-order chi connectivity index (χ1) is 15.4. The molecule has 1 aliphatic heterocycles. The van der Waals surface area contributed by atoms with Gasteiger partial charge in [0.1, 0.15) is 5.76 Å². The number of Topliss-reactive ketones (excluding diaryl/α,β-unsaturated/α-hetero) is 1. The number of para-hydroxylation sites is 1. The van der Waals surface area contributed by atoms with Gasteiger partial charge in [0.2, 0.25) is 0 Å². The van der Waals surface area contributed by atoms with Crippen LogP contribution in [0.2, 0.25) is 0 Å². The molecule has 7 heteroatoms. The van der Waals surface area contributed by atoms with E-state index in [1.807, 2.05) is 67.6 Å². The van der Waals surface area contributed by atoms with Gasteiger partial charge in [-0.15, -0.1) is 0 Å². The third-order valence-electron chi connectivity index (χ3n) is 5.44. The number of anilines is 1. The molecule has 1 aromatic heterocycles. The van der Waals surface area contributed by atoms with Crippen LogP contribution in [-0.2, 0) is 9.59 Å². The molecule has 0 aliphatic carbocycles. The SMILES string of the molecule is Cc1ccc(/C(O)=C2\C(=O)C(=O)N(c3nc4ccccc4s3)C2c2ccc(Br)cc2)cc1. The average Bonchev–Trinajstić information content (AvgIpc) is 3.33. The van der Waals surface area contributed by atoms with Gasteiger partial charge in [-0.1, -0.05) is 81.4 Å². The van der Waals surface area contributed by atoms with E-state index in [-0.39, 0.29) is 11.3 Å². The second-order valence-corrected chi connectivity index (χ2v) is 9.48. The molecule has 5 nitrogen and oxygen atoms in total. The number of hydrogen-bond donors (Lipinski definition) is 1. The van der Waals surface area contributed by atoms with E-state index in [4.69, 9.17) is 0 Å². The smallest absolute Gasteiger partial charge is 0.301 e. The molecule has 1 fully saturated rings. The Balaban J connectivity index is 1.73. The van der Waals surface area contributed by atoms with Crippen LogP contribution in [0.4, 0.5) is 5.13 Å². The van der Waals surface area contributed by atoms with Crippen molar-refractivity contribution >= 4 is 60.1 Å². The highest BCUT2D eigenvalue weighted by atomic mass is 79.9. The molecule has 32 heavy (non-hydrogen) atoms. The van der Waals surface area contributed by atoms with Gasteiger partial charge < -0.3 is 5.11 Å². The fourth-order valence-electron chi connectivity index (χ4n) is 3.82. The normalized spacial score (nSPS) is 17.9. The van der Waals surface area contributed by atoms with Crippen LogP contribution < -0.4 is 4.90 Å². The molecule has 158 valence electrons. The largest absolute Gasteiger partial charge is 0.507 e. The molecule has 1 aliphatic rings. The zero-order valence-corrected chi connectivity index (χ0v) is 19.4. The van der Waals surface area contributed by atoms with Gasteiger partial charge in [-0.05, 0) is 36.8 Å². The number of thiazole rings is 1. The molecule has 1 unspecified atom stereocenters. The molecule has 2 heterocycles. The predicted molar refractivity (Wildman–Crippen MR) is 130 cm³/mol. The van der Waals surface area contributed by atoms with Crippen molar-refractivity contribution in [1.29, 1.82) is 0 Å². The molecule has 1 saturated heterocycles. The average molecular weight is 505 g/mol. The van der Waals surface area contributed by atoms with Crippen LogP contribution in [0.15, 0.2) is 82.8 Å². The molecule has 3 aromatic carbocycles. The van der Waals surface area contributed by atoms with Gasteiger partial charge in [0.25, 0.3) is 5.78 Å². The first-order valence-corrected chi connectivity index (χ1v) is 11.5. The van der Waals surface area contributed by atoms with Crippen molar-refractivity contribution < 1.29 is 14.7 Å². The molecule has 4 aromatic rings. The molecule has 0 spiro atoms. The maximum atomic E-state index is 13.2. The first-order valence-electron chi connectivity index (χ1n) is 9.93. The quantitative estimate of drug-likeness (QED) is 0.211. The summed E-state index contributed by atoms with van der Waals surface area (Å²) < 4.78 is 1.79. The van der Waals surface area contributed by atoms with Gasteiger partial charge in [-0.3, -0.25) is 14.5 Å². The van der Waals surface area contributed by atoms with Gasteiger partial charge in [0.15, 0.2) is 5.13 Å². The number of amides is 1. The number of rotatable bonds is 3. The molecule has 5 rings (SSSR count). The van der Waals surface area contributed by atoms with Crippen molar-refractivity contribution in [2.24, 2.45) is 0 Å². The van der Waals surface area contributed by atoms with Crippen LogP contribution in [-0.4, -0.2) is 21.8 Å². The Morgan fingerprint density at radius 1 is 1.00 bits per heavy atom. The highest BCUT2D eigenvalue weighted by Gasteiger charge is 2.48. The maximum Gasteiger partial charge on any atom is 0.301 e. The van der Waals surface area contributed by atoms with Gasteiger partial charge in [-0.25, -0.2) is 4.98 Å². The fraction of sp³-hybridized carbons (Fsp3) is 0.0800. The number of fused-ring (bicyclic) bond motifs is 1. The molecule has 0 saturated carbocycles. The number of hydrogen-bond acceptors (Lipinski definition) is 5.